The van der Waals surface area contributed by atoms with E-state index in [1.54, 1.807) is 36.4 Å². The Morgan fingerprint density at radius 2 is 0.885 bits per heavy atom. The maximum absolute atomic E-state index is 13.9. The van der Waals surface area contributed by atoms with Crippen molar-refractivity contribution < 1.29 is 26.3 Å². The number of fused-ring (bicyclic) bond motifs is 3. The van der Waals surface area contributed by atoms with Gasteiger partial charge in [0.25, 0.3) is 0 Å². The van der Waals surface area contributed by atoms with Crippen molar-refractivity contribution in [3.63, 3.8) is 0 Å². The van der Waals surface area contributed by atoms with Gasteiger partial charge in [0.15, 0.2) is 0 Å². The van der Waals surface area contributed by atoms with E-state index in [-0.39, 0.29) is 17.2 Å². The Labute approximate surface area is 296 Å². The van der Waals surface area contributed by atoms with Crippen molar-refractivity contribution in [2.24, 2.45) is 0 Å². The molecule has 0 saturated carbocycles. The van der Waals surface area contributed by atoms with Crippen LogP contribution in [0.1, 0.15) is 33.5 Å². The number of pyridine rings is 1. The van der Waals surface area contributed by atoms with Gasteiger partial charge in [-0.2, -0.15) is 26.3 Å². The van der Waals surface area contributed by atoms with Gasteiger partial charge in [-0.25, -0.2) is 4.98 Å². The zero-order valence-corrected chi connectivity index (χ0v) is 27.5. The largest absolute Gasteiger partial charge is 0.416 e. The summed E-state index contributed by atoms with van der Waals surface area (Å²) in [6, 6.07) is 36.6. The van der Waals surface area contributed by atoms with Gasteiger partial charge in [-0.1, -0.05) is 121 Å². The van der Waals surface area contributed by atoms with E-state index >= 15 is 0 Å². The number of rotatable bonds is 7. The normalized spacial score (nSPS) is 12.9. The number of alkyl halides is 6. The van der Waals surface area contributed by atoms with E-state index in [0.717, 1.165) is 44.8 Å². The summed E-state index contributed by atoms with van der Waals surface area (Å²) in [5.74, 6) is 0. The molecule has 7 aromatic rings. The standard InChI is InChI=1S/C45H29F6N/c46-44(47,48)38-26-37(27-39(28-38)45(49,50)51)41-29-40(16-8-3-10-31-18-21-34-13-5-7-15-36(34)24-31)52-43-22-19-32(25-42(41)43)11-2-1-9-30-17-20-33-12-4-6-14-35(33)23-30/h1-29H. The first kappa shape index (κ1) is 34.2. The third kappa shape index (κ3) is 7.89. The Morgan fingerprint density at radius 3 is 1.40 bits per heavy atom. The van der Waals surface area contributed by atoms with Crippen LogP contribution in [0.4, 0.5) is 26.3 Å². The van der Waals surface area contributed by atoms with Crippen molar-refractivity contribution in [2.45, 2.75) is 12.4 Å². The lowest BCUT2D eigenvalue weighted by Gasteiger charge is -2.16. The highest BCUT2D eigenvalue weighted by Gasteiger charge is 2.37. The molecule has 0 aliphatic rings. The van der Waals surface area contributed by atoms with Crippen molar-refractivity contribution in [3.8, 4) is 11.1 Å². The molecule has 1 nitrogen and oxygen atoms in total. The van der Waals surface area contributed by atoms with Crippen LogP contribution in [0, 0.1) is 0 Å². The highest BCUT2D eigenvalue weighted by molar-refractivity contribution is 5.97. The number of hydrogen-bond donors (Lipinski definition) is 0. The molecule has 0 aliphatic carbocycles. The molecule has 0 spiro atoms. The molecular formula is C45H29F6N. The average molecular weight is 698 g/mol. The Bertz CT molecular complexity index is 2520. The first-order chi connectivity index (χ1) is 25.0. The van der Waals surface area contributed by atoms with E-state index < -0.39 is 23.5 Å². The van der Waals surface area contributed by atoms with Crippen molar-refractivity contribution in [2.75, 3.05) is 0 Å². The van der Waals surface area contributed by atoms with E-state index in [4.69, 9.17) is 0 Å². The number of aromatic nitrogens is 1. The number of hydrogen-bond acceptors (Lipinski definition) is 1. The van der Waals surface area contributed by atoms with Crippen LogP contribution in [0.5, 0.6) is 0 Å². The van der Waals surface area contributed by atoms with Gasteiger partial charge in [0, 0.05) is 5.39 Å². The molecule has 6 aromatic carbocycles. The predicted octanol–water partition coefficient (Wildman–Crippen LogP) is 13.7. The second-order valence-corrected chi connectivity index (χ2v) is 12.3. The monoisotopic (exact) mass is 697 g/mol. The van der Waals surface area contributed by atoms with Gasteiger partial charge in [0.1, 0.15) is 0 Å². The summed E-state index contributed by atoms with van der Waals surface area (Å²) in [5, 5.41) is 4.86. The first-order valence-electron chi connectivity index (χ1n) is 16.4. The molecule has 1 heterocycles. The minimum Gasteiger partial charge on any atom is -0.248 e. The van der Waals surface area contributed by atoms with E-state index in [0.29, 0.717) is 22.2 Å². The average Bonchev–Trinajstić information content (AvgIpc) is 3.14. The second-order valence-electron chi connectivity index (χ2n) is 12.3. The maximum atomic E-state index is 13.9. The molecule has 1 aromatic heterocycles. The second kappa shape index (κ2) is 14.2. The van der Waals surface area contributed by atoms with Gasteiger partial charge < -0.3 is 0 Å². The van der Waals surface area contributed by atoms with Gasteiger partial charge in [-0.15, -0.1) is 0 Å². The van der Waals surface area contributed by atoms with E-state index in [9.17, 15) is 26.3 Å². The van der Waals surface area contributed by atoms with Crippen LogP contribution < -0.4 is 0 Å². The lowest BCUT2D eigenvalue weighted by atomic mass is 9.95. The number of allylic oxidation sites excluding steroid dienone is 4. The number of benzene rings is 6. The molecule has 0 fully saturated rings. The van der Waals surface area contributed by atoms with Crippen LogP contribution in [0.15, 0.2) is 152 Å². The molecule has 0 amide bonds. The van der Waals surface area contributed by atoms with Crippen LogP contribution in [-0.4, -0.2) is 4.98 Å². The topological polar surface area (TPSA) is 12.9 Å². The molecule has 7 heteroatoms. The molecule has 0 atom stereocenters. The third-order valence-corrected chi connectivity index (χ3v) is 8.65. The van der Waals surface area contributed by atoms with E-state index in [2.05, 4.69) is 11.1 Å². The molecule has 0 bridgehead atoms. The fourth-order valence-corrected chi connectivity index (χ4v) is 6.08. The lowest BCUT2D eigenvalue weighted by molar-refractivity contribution is -0.143. The van der Waals surface area contributed by atoms with E-state index in [1.807, 2.05) is 109 Å². The van der Waals surface area contributed by atoms with Gasteiger partial charge in [-0.05, 0) is 104 Å². The summed E-state index contributed by atoms with van der Waals surface area (Å²) in [7, 11) is 0. The quantitative estimate of drug-likeness (QED) is 0.119. The lowest BCUT2D eigenvalue weighted by Crippen LogP contribution is -2.11. The Kier molecular flexibility index (Phi) is 9.35. The molecule has 0 N–H and O–H groups in total. The molecule has 0 unspecified atom stereocenters. The summed E-state index contributed by atoms with van der Waals surface area (Å²) in [6.07, 6.45) is 4.61. The van der Waals surface area contributed by atoms with E-state index in [1.165, 1.54) is 6.07 Å². The summed E-state index contributed by atoms with van der Waals surface area (Å²) >= 11 is 0. The molecule has 0 radical (unpaired) electrons. The van der Waals surface area contributed by atoms with Crippen molar-refractivity contribution >= 4 is 56.8 Å². The SMILES string of the molecule is FC(F)(F)c1cc(-c2cc(C=CC=Cc3ccc4ccccc4c3)nc3ccc(C=CC=Cc4ccc5ccccc5c4)cc23)cc(C(F)(F)F)c1. The molecule has 7 rings (SSSR count). The van der Waals surface area contributed by atoms with Crippen molar-refractivity contribution in [1.29, 1.82) is 0 Å². The van der Waals surface area contributed by atoms with Crippen molar-refractivity contribution in [3.05, 3.63) is 185 Å². The Hall–Kier alpha value is -6.21. The Balaban J connectivity index is 1.25. The number of halogens is 6. The molecule has 0 saturated heterocycles. The third-order valence-electron chi connectivity index (χ3n) is 8.65. The van der Waals surface area contributed by atoms with Crippen LogP contribution in [0.2, 0.25) is 0 Å². The molecule has 256 valence electrons. The van der Waals surface area contributed by atoms with Gasteiger partial charge in [0.05, 0.1) is 22.3 Å². The summed E-state index contributed by atoms with van der Waals surface area (Å²) in [4.78, 5) is 4.69. The fraction of sp³-hybridized carbons (Fsp3) is 0.0444. The van der Waals surface area contributed by atoms with Crippen LogP contribution in [-0.2, 0) is 12.4 Å². The highest BCUT2D eigenvalue weighted by Crippen LogP contribution is 2.40. The van der Waals surface area contributed by atoms with Gasteiger partial charge >= 0.3 is 12.4 Å². The minimum atomic E-state index is -4.99. The van der Waals surface area contributed by atoms with Crippen LogP contribution in [0.25, 0.3) is 67.9 Å². The predicted molar refractivity (Wildman–Crippen MR) is 201 cm³/mol. The fourth-order valence-electron chi connectivity index (χ4n) is 6.08. The Morgan fingerprint density at radius 1 is 0.423 bits per heavy atom. The summed E-state index contributed by atoms with van der Waals surface area (Å²) in [6.45, 7) is 0. The summed E-state index contributed by atoms with van der Waals surface area (Å²) < 4.78 is 83.4. The smallest absolute Gasteiger partial charge is 0.248 e. The maximum Gasteiger partial charge on any atom is 0.416 e. The molecule has 52 heavy (non-hydrogen) atoms. The zero-order valence-electron chi connectivity index (χ0n) is 27.5. The van der Waals surface area contributed by atoms with Crippen molar-refractivity contribution in [1.82, 2.24) is 4.98 Å². The molecular weight excluding hydrogens is 668 g/mol. The zero-order chi connectivity index (χ0) is 36.3. The van der Waals surface area contributed by atoms with Crippen LogP contribution in [0.3, 0.4) is 0 Å². The summed E-state index contributed by atoms with van der Waals surface area (Å²) in [5.41, 5.74) is 0.681. The first-order valence-corrected chi connectivity index (χ1v) is 16.4. The van der Waals surface area contributed by atoms with Gasteiger partial charge in [-0.3, -0.25) is 0 Å². The van der Waals surface area contributed by atoms with Crippen LogP contribution >= 0.6 is 0 Å². The number of nitrogens with zero attached hydrogens (tertiary/aromatic N) is 1. The highest BCUT2D eigenvalue weighted by atomic mass is 19.4. The molecule has 0 aliphatic heterocycles. The minimum absolute atomic E-state index is 0.140. The van der Waals surface area contributed by atoms with Gasteiger partial charge in [0.2, 0.25) is 0 Å².